The summed E-state index contributed by atoms with van der Waals surface area (Å²) < 4.78 is 151. The van der Waals surface area contributed by atoms with Crippen molar-refractivity contribution in [1.82, 2.24) is 0 Å². The number of rotatable bonds is 5. The van der Waals surface area contributed by atoms with E-state index in [0.717, 1.165) is 7.11 Å². The first-order valence-corrected chi connectivity index (χ1v) is 7.12. The molecular weight excluding hydrogens is 340 g/mol. The van der Waals surface area contributed by atoms with Crippen LogP contribution in [-0.4, -0.2) is 59.1 Å². The van der Waals surface area contributed by atoms with Crippen molar-refractivity contribution < 1.29 is 57.6 Å². The van der Waals surface area contributed by atoms with Crippen LogP contribution in [0.2, 0.25) is 0 Å². The lowest BCUT2D eigenvalue weighted by Gasteiger charge is -2.39. The molecule has 2 rings (SSSR count). The zero-order valence-electron chi connectivity index (χ0n) is 30.4. The first-order chi connectivity index (χ1) is 19.0. The first kappa shape index (κ1) is 7.39. The van der Waals surface area contributed by atoms with E-state index in [4.69, 9.17) is 32.8 Å². The van der Waals surface area contributed by atoms with Crippen molar-refractivity contribution in [2.75, 3.05) is 7.11 Å². The normalized spacial score (nSPS) is 41.4. The molecule has 1 saturated heterocycles. The molecule has 5 atom stereocenters. The van der Waals surface area contributed by atoms with Crippen molar-refractivity contribution in [3.8, 4) is 5.75 Å². The van der Waals surface area contributed by atoms with Crippen molar-refractivity contribution in [2.24, 2.45) is 0 Å². The Bertz CT molecular complexity index is 1130. The maximum absolute atomic E-state index is 12.2. The number of aliphatic hydroxyl groups excluding tert-OH is 3. The predicted octanol–water partition coefficient (Wildman–Crippen LogP) is 1.29. The van der Waals surface area contributed by atoms with Crippen LogP contribution in [0.4, 0.5) is 0 Å². The SMILES string of the molecule is [2H]c1c([2H])c(C([2H])(C([2H])([2H])[2H])C([2H])([2H])[2H])c(OC2OC(C(=O)OC)C(O)C(O)C2O)c(C([2H])(C([2H])([2H])[2H])C([2H])([2H])[2H])c1[2H]. The highest BCUT2D eigenvalue weighted by Gasteiger charge is 2.48. The minimum absolute atomic E-state index is 0.815. The zero-order chi connectivity index (χ0) is 34.0. The van der Waals surface area contributed by atoms with Crippen LogP contribution < -0.4 is 4.74 Å². The molecule has 0 saturated carbocycles. The first-order valence-electron chi connectivity index (χ1n) is 15.6. The van der Waals surface area contributed by atoms with E-state index in [1.54, 1.807) is 0 Å². The van der Waals surface area contributed by atoms with E-state index in [2.05, 4.69) is 4.74 Å². The molecule has 26 heavy (non-hydrogen) atoms. The molecule has 1 fully saturated rings. The summed E-state index contributed by atoms with van der Waals surface area (Å²) in [7, 11) is 0.815. The third kappa shape index (κ3) is 4.01. The van der Waals surface area contributed by atoms with Crippen LogP contribution in [0.25, 0.3) is 0 Å². The highest BCUT2D eigenvalue weighted by atomic mass is 16.7. The number of para-hydroxylation sites is 1. The van der Waals surface area contributed by atoms with Crippen LogP contribution in [0.15, 0.2) is 18.1 Å². The molecule has 1 aliphatic heterocycles. The Morgan fingerprint density at radius 3 is 2.23 bits per heavy atom. The fourth-order valence-corrected chi connectivity index (χ4v) is 2.24. The summed E-state index contributed by atoms with van der Waals surface area (Å²) in [6.07, 6.45) is -11.8. The molecule has 1 aromatic carbocycles. The Kier molecular flexibility index (Phi) is 2.37. The number of hydrogen-bond acceptors (Lipinski definition) is 7. The van der Waals surface area contributed by atoms with Gasteiger partial charge in [0.1, 0.15) is 24.1 Å². The van der Waals surface area contributed by atoms with Gasteiger partial charge in [-0.3, -0.25) is 0 Å². The summed E-state index contributed by atoms with van der Waals surface area (Å²) >= 11 is 0. The molecule has 1 aromatic rings. The minimum Gasteiger partial charge on any atom is -0.467 e. The number of aliphatic hydroxyl groups is 3. The van der Waals surface area contributed by atoms with Gasteiger partial charge in [-0.15, -0.1) is 0 Å². The van der Waals surface area contributed by atoms with Gasteiger partial charge in [-0.05, 0) is 22.9 Å². The van der Waals surface area contributed by atoms with Crippen LogP contribution >= 0.6 is 0 Å². The van der Waals surface area contributed by atoms with Gasteiger partial charge < -0.3 is 29.5 Å². The Labute approximate surface area is 177 Å². The third-order valence-corrected chi connectivity index (χ3v) is 3.57. The smallest absolute Gasteiger partial charge is 0.337 e. The third-order valence-electron chi connectivity index (χ3n) is 3.57. The molecule has 7 nitrogen and oxygen atoms in total. The number of carbonyl (C=O) groups is 1. The second-order valence-electron chi connectivity index (χ2n) is 5.24. The summed E-state index contributed by atoms with van der Waals surface area (Å²) in [5.41, 5.74) is -3.42. The topological polar surface area (TPSA) is 105 Å². The van der Waals surface area contributed by atoms with Crippen LogP contribution in [0.3, 0.4) is 0 Å². The van der Waals surface area contributed by atoms with Gasteiger partial charge in [0, 0.05) is 19.2 Å². The molecule has 0 bridgehead atoms. The standard InChI is InChI=1S/C19H28O7/c1-9(2)11-7-6-8-12(10(3)4)16(11)25-19-15(22)13(20)14(21)17(26-19)18(23)24-5/h6-10,13-15,17,19-22H,1-5H3/i1D3,2D3,3D3,4D3,6D,7D,8D,9D,10D. The Morgan fingerprint density at radius 1 is 1.15 bits per heavy atom. The average molecular weight is 386 g/mol. The summed E-state index contributed by atoms with van der Waals surface area (Å²) in [6, 6.07) is -4.57. The van der Waals surface area contributed by atoms with Crippen molar-refractivity contribution in [3.63, 3.8) is 0 Å². The van der Waals surface area contributed by atoms with E-state index in [1.165, 1.54) is 0 Å². The monoisotopic (exact) mass is 385 g/mol. The Morgan fingerprint density at radius 2 is 1.73 bits per heavy atom. The van der Waals surface area contributed by atoms with Gasteiger partial charge in [0.15, 0.2) is 6.10 Å². The van der Waals surface area contributed by atoms with Crippen molar-refractivity contribution in [1.29, 1.82) is 0 Å². The van der Waals surface area contributed by atoms with E-state index in [0.29, 0.717) is 0 Å². The second kappa shape index (κ2) is 8.35. The van der Waals surface area contributed by atoms with Crippen LogP contribution in [0, 0.1) is 0 Å². The molecule has 7 heteroatoms. The van der Waals surface area contributed by atoms with E-state index in [9.17, 15) is 20.1 Å². The van der Waals surface area contributed by atoms with Gasteiger partial charge in [-0.25, -0.2) is 4.79 Å². The van der Waals surface area contributed by atoms with Gasteiger partial charge in [-0.2, -0.15) is 0 Å². The van der Waals surface area contributed by atoms with Crippen molar-refractivity contribution in [2.45, 2.75) is 69.9 Å². The molecule has 0 aromatic heterocycles. The number of benzene rings is 1. The minimum atomic E-state index is -4.06. The van der Waals surface area contributed by atoms with E-state index >= 15 is 0 Å². The molecule has 0 radical (unpaired) electrons. The molecular formula is C19H28O7. The van der Waals surface area contributed by atoms with Crippen LogP contribution in [-0.2, 0) is 14.3 Å². The number of carbonyl (C=O) groups excluding carboxylic acids is 1. The van der Waals surface area contributed by atoms with Gasteiger partial charge in [-0.1, -0.05) is 45.5 Å². The number of hydrogen-bond donors (Lipinski definition) is 3. The molecule has 0 amide bonds. The molecule has 0 spiro atoms. The highest BCUT2D eigenvalue weighted by Crippen LogP contribution is 2.36. The Balaban J connectivity index is 3.26. The Hall–Kier alpha value is -1.67. The van der Waals surface area contributed by atoms with Gasteiger partial charge in [0.05, 0.1) is 11.2 Å². The lowest BCUT2D eigenvalue weighted by molar-refractivity contribution is -0.272. The van der Waals surface area contributed by atoms with Gasteiger partial charge in [0.25, 0.3) is 0 Å². The summed E-state index contributed by atoms with van der Waals surface area (Å²) in [5, 5.41) is 31.1. The largest absolute Gasteiger partial charge is 0.467 e. The van der Waals surface area contributed by atoms with Gasteiger partial charge in [0.2, 0.25) is 6.29 Å². The van der Waals surface area contributed by atoms with Crippen molar-refractivity contribution in [3.05, 3.63) is 29.3 Å². The lowest BCUT2D eigenvalue weighted by Crippen LogP contribution is -2.61. The van der Waals surface area contributed by atoms with Crippen LogP contribution in [0.1, 0.15) is 73.6 Å². The maximum Gasteiger partial charge on any atom is 0.337 e. The van der Waals surface area contributed by atoms with E-state index in [1.807, 2.05) is 0 Å². The molecule has 1 aliphatic rings. The molecule has 146 valence electrons. The van der Waals surface area contributed by atoms with E-state index < -0.39 is 111 Å². The second-order valence-corrected chi connectivity index (χ2v) is 5.24. The predicted molar refractivity (Wildman–Crippen MR) is 93.9 cm³/mol. The van der Waals surface area contributed by atoms with E-state index in [-0.39, 0.29) is 0 Å². The highest BCUT2D eigenvalue weighted by molar-refractivity contribution is 5.75. The zero-order valence-corrected chi connectivity index (χ0v) is 13.4. The van der Waals surface area contributed by atoms with Crippen LogP contribution in [0.5, 0.6) is 5.75 Å². The van der Waals surface area contributed by atoms with Gasteiger partial charge >= 0.3 is 5.97 Å². The number of ether oxygens (including phenoxy) is 3. The lowest BCUT2D eigenvalue weighted by atomic mass is 9.93. The van der Waals surface area contributed by atoms with Crippen molar-refractivity contribution >= 4 is 5.97 Å². The average Bonchev–Trinajstić information content (AvgIpc) is 2.84. The molecule has 1 heterocycles. The number of esters is 1. The number of methoxy groups -OCH3 is 1. The summed E-state index contributed by atoms with van der Waals surface area (Å²) in [6.45, 7) is -16.0. The fourth-order valence-electron chi connectivity index (χ4n) is 2.24. The quantitative estimate of drug-likeness (QED) is 0.656. The fraction of sp³-hybridized carbons (Fsp3) is 0.632. The summed E-state index contributed by atoms with van der Waals surface area (Å²) in [4.78, 5) is 12.2. The molecule has 3 N–H and O–H groups in total. The summed E-state index contributed by atoms with van der Waals surface area (Å²) in [5.74, 6) is -11.2. The molecule has 0 aliphatic carbocycles. The maximum atomic E-state index is 12.2. The molecule has 5 unspecified atom stereocenters.